The van der Waals surface area contributed by atoms with Gasteiger partial charge in [0.05, 0.1) is 9.92 Å². The van der Waals surface area contributed by atoms with Gasteiger partial charge in [-0.1, -0.05) is 43.1 Å². The maximum Gasteiger partial charge on any atom is 0.261 e. The van der Waals surface area contributed by atoms with Crippen LogP contribution in [0.5, 0.6) is 5.75 Å². The van der Waals surface area contributed by atoms with Gasteiger partial charge >= 0.3 is 0 Å². The highest BCUT2D eigenvalue weighted by Gasteiger charge is 2.17. The second kappa shape index (κ2) is 9.62. The summed E-state index contributed by atoms with van der Waals surface area (Å²) in [6, 6.07) is 12.7. The largest absolute Gasteiger partial charge is 0.482 e. The molecule has 0 unspecified atom stereocenters. The number of carbonyl (C=O) groups excluding carboxylic acids is 1. The van der Waals surface area contributed by atoms with E-state index >= 15 is 0 Å². The Hall–Kier alpha value is -2.25. The third kappa shape index (κ3) is 6.45. The summed E-state index contributed by atoms with van der Waals surface area (Å²) in [5.74, 6) is -0.0110. The zero-order valence-electron chi connectivity index (χ0n) is 15.2. The van der Waals surface area contributed by atoms with Crippen molar-refractivity contribution >= 4 is 33.2 Å². The van der Waals surface area contributed by atoms with Gasteiger partial charge in [0.25, 0.3) is 15.9 Å². The van der Waals surface area contributed by atoms with Gasteiger partial charge < -0.3 is 10.1 Å². The Morgan fingerprint density at radius 1 is 1.19 bits per heavy atom. The number of halogens is 1. The van der Waals surface area contributed by atoms with E-state index in [0.29, 0.717) is 5.69 Å². The van der Waals surface area contributed by atoms with Gasteiger partial charge in [-0.15, -0.1) is 0 Å². The first-order valence-corrected chi connectivity index (χ1v) is 10.5. The first-order valence-electron chi connectivity index (χ1n) is 8.61. The molecule has 2 N–H and O–H groups in total. The summed E-state index contributed by atoms with van der Waals surface area (Å²) in [5, 5.41) is 2.93. The number of para-hydroxylation sites is 1. The van der Waals surface area contributed by atoms with Crippen molar-refractivity contribution in [3.05, 3.63) is 53.6 Å². The highest BCUT2D eigenvalue weighted by molar-refractivity contribution is 7.92. The van der Waals surface area contributed by atoms with Crippen LogP contribution in [0.2, 0.25) is 5.02 Å². The monoisotopic (exact) mass is 410 g/mol. The normalized spacial score (nSPS) is 12.3. The number of hydrogen-bond acceptors (Lipinski definition) is 4. The fourth-order valence-corrected chi connectivity index (χ4v) is 3.84. The number of sulfonamides is 1. The van der Waals surface area contributed by atoms with E-state index in [2.05, 4.69) is 10.0 Å². The summed E-state index contributed by atoms with van der Waals surface area (Å²) in [6.07, 6.45) is 1.86. The van der Waals surface area contributed by atoms with Crippen LogP contribution in [0.1, 0.15) is 26.7 Å². The lowest BCUT2D eigenvalue weighted by atomic mass is 10.2. The smallest absolute Gasteiger partial charge is 0.261 e. The summed E-state index contributed by atoms with van der Waals surface area (Å²) in [6.45, 7) is 3.77. The lowest BCUT2D eigenvalue weighted by Crippen LogP contribution is -2.35. The third-order valence-corrected chi connectivity index (χ3v) is 5.40. The van der Waals surface area contributed by atoms with E-state index in [1.807, 2.05) is 13.8 Å². The van der Waals surface area contributed by atoms with Gasteiger partial charge in [0.1, 0.15) is 5.75 Å². The number of rotatable bonds is 9. The Morgan fingerprint density at radius 3 is 2.52 bits per heavy atom. The number of benzene rings is 2. The van der Waals surface area contributed by atoms with E-state index in [0.717, 1.165) is 12.8 Å². The molecule has 0 radical (unpaired) electrons. The van der Waals surface area contributed by atoms with Gasteiger partial charge in [-0.3, -0.25) is 9.52 Å². The van der Waals surface area contributed by atoms with Crippen LogP contribution in [0.4, 0.5) is 5.69 Å². The fourth-order valence-electron chi connectivity index (χ4n) is 2.45. The van der Waals surface area contributed by atoms with E-state index in [1.165, 1.54) is 18.2 Å². The Labute approximate surface area is 164 Å². The molecule has 6 nitrogen and oxygen atoms in total. The second-order valence-corrected chi connectivity index (χ2v) is 8.20. The highest BCUT2D eigenvalue weighted by atomic mass is 35.5. The van der Waals surface area contributed by atoms with Crippen molar-refractivity contribution in [2.45, 2.75) is 37.6 Å². The Balaban J connectivity index is 2.01. The Morgan fingerprint density at radius 2 is 1.89 bits per heavy atom. The van der Waals surface area contributed by atoms with Crippen LogP contribution in [0, 0.1) is 0 Å². The summed E-state index contributed by atoms with van der Waals surface area (Å²) < 4.78 is 32.8. The predicted octanol–water partition coefficient (Wildman–Crippen LogP) is 3.82. The Bertz CT molecular complexity index is 873. The van der Waals surface area contributed by atoms with Crippen molar-refractivity contribution in [1.29, 1.82) is 0 Å². The summed E-state index contributed by atoms with van der Waals surface area (Å²) >= 11 is 6.13. The van der Waals surface area contributed by atoms with Crippen LogP contribution >= 0.6 is 11.6 Å². The van der Waals surface area contributed by atoms with E-state index in [1.54, 1.807) is 30.3 Å². The number of nitrogens with one attached hydrogen (secondary N) is 2. The number of hydrogen-bond donors (Lipinski definition) is 2. The van der Waals surface area contributed by atoms with Crippen molar-refractivity contribution in [2.75, 3.05) is 11.3 Å². The van der Waals surface area contributed by atoms with Crippen molar-refractivity contribution in [3.8, 4) is 5.75 Å². The SMILES string of the molecule is CCC[C@H](C)NC(=O)COc1ccc(S(=O)(=O)Nc2ccccc2)cc1Cl. The molecule has 0 aliphatic carbocycles. The zero-order chi connectivity index (χ0) is 19.9. The number of amides is 1. The summed E-state index contributed by atoms with van der Waals surface area (Å²) in [4.78, 5) is 11.9. The number of ether oxygens (including phenoxy) is 1. The molecule has 2 aromatic carbocycles. The van der Waals surface area contributed by atoms with Crippen LogP contribution in [-0.4, -0.2) is 27.0 Å². The fraction of sp³-hybridized carbons (Fsp3) is 0.316. The van der Waals surface area contributed by atoms with Crippen LogP contribution in [0.15, 0.2) is 53.4 Å². The van der Waals surface area contributed by atoms with Crippen LogP contribution in [-0.2, 0) is 14.8 Å². The molecule has 0 saturated heterocycles. The first kappa shape index (κ1) is 21.1. The molecule has 2 aromatic rings. The molecule has 0 aliphatic rings. The predicted molar refractivity (Wildman–Crippen MR) is 107 cm³/mol. The Kier molecular flexibility index (Phi) is 7.50. The average molecular weight is 411 g/mol. The van der Waals surface area contributed by atoms with Gasteiger partial charge in [-0.25, -0.2) is 8.42 Å². The summed E-state index contributed by atoms with van der Waals surface area (Å²) in [7, 11) is -3.78. The van der Waals surface area contributed by atoms with Gasteiger partial charge in [-0.05, 0) is 43.7 Å². The first-order chi connectivity index (χ1) is 12.8. The minimum Gasteiger partial charge on any atom is -0.482 e. The number of anilines is 1. The van der Waals surface area contributed by atoms with Crippen molar-refractivity contribution in [3.63, 3.8) is 0 Å². The van der Waals surface area contributed by atoms with Crippen LogP contribution in [0.25, 0.3) is 0 Å². The van der Waals surface area contributed by atoms with E-state index in [4.69, 9.17) is 16.3 Å². The minimum atomic E-state index is -3.78. The number of carbonyl (C=O) groups is 1. The third-order valence-electron chi connectivity index (χ3n) is 3.73. The minimum absolute atomic E-state index is 0.00437. The standard InChI is InChI=1S/C19H23ClN2O4S/c1-3-7-14(2)21-19(23)13-26-18-11-10-16(12-17(18)20)27(24,25)22-15-8-5-4-6-9-15/h4-6,8-12,14,22H,3,7,13H2,1-2H3,(H,21,23)/t14-/m0/s1. The molecule has 27 heavy (non-hydrogen) atoms. The van der Waals surface area contributed by atoms with Crippen molar-refractivity contribution < 1.29 is 17.9 Å². The maximum absolute atomic E-state index is 12.4. The van der Waals surface area contributed by atoms with Crippen LogP contribution < -0.4 is 14.8 Å². The van der Waals surface area contributed by atoms with E-state index < -0.39 is 10.0 Å². The molecule has 0 aromatic heterocycles. The molecular weight excluding hydrogens is 388 g/mol. The van der Waals surface area contributed by atoms with Gasteiger partial charge in [0.15, 0.2) is 6.61 Å². The van der Waals surface area contributed by atoms with Gasteiger partial charge in [-0.2, -0.15) is 0 Å². The van der Waals surface area contributed by atoms with Crippen molar-refractivity contribution in [2.24, 2.45) is 0 Å². The molecule has 146 valence electrons. The van der Waals surface area contributed by atoms with E-state index in [9.17, 15) is 13.2 Å². The average Bonchev–Trinajstić information content (AvgIpc) is 2.61. The molecule has 2 rings (SSSR count). The molecule has 0 saturated carbocycles. The molecule has 0 aliphatic heterocycles. The highest BCUT2D eigenvalue weighted by Crippen LogP contribution is 2.28. The molecule has 0 spiro atoms. The molecule has 1 atom stereocenters. The van der Waals surface area contributed by atoms with Crippen LogP contribution in [0.3, 0.4) is 0 Å². The zero-order valence-corrected chi connectivity index (χ0v) is 16.8. The summed E-state index contributed by atoms with van der Waals surface area (Å²) in [5.41, 5.74) is 0.451. The topological polar surface area (TPSA) is 84.5 Å². The van der Waals surface area contributed by atoms with Gasteiger partial charge in [0, 0.05) is 11.7 Å². The lowest BCUT2D eigenvalue weighted by Gasteiger charge is -2.14. The molecule has 0 bridgehead atoms. The van der Waals surface area contributed by atoms with Gasteiger partial charge in [0.2, 0.25) is 0 Å². The second-order valence-electron chi connectivity index (χ2n) is 6.11. The molecule has 0 fully saturated rings. The lowest BCUT2D eigenvalue weighted by molar-refractivity contribution is -0.123. The molecular formula is C19H23ClN2O4S. The molecule has 8 heteroatoms. The van der Waals surface area contributed by atoms with Crippen molar-refractivity contribution in [1.82, 2.24) is 5.32 Å². The quantitative estimate of drug-likeness (QED) is 0.658. The molecule has 0 heterocycles. The maximum atomic E-state index is 12.4. The van der Waals surface area contributed by atoms with E-state index in [-0.39, 0.29) is 34.2 Å². The molecule has 1 amide bonds.